The molecule has 8 heteroatoms. The Morgan fingerprint density at radius 2 is 1.57 bits per heavy atom. The van der Waals surface area contributed by atoms with Crippen LogP contribution in [-0.2, 0) is 16.4 Å². The van der Waals surface area contributed by atoms with Gasteiger partial charge in [0.1, 0.15) is 4.90 Å². The molecule has 2 aromatic rings. The summed E-state index contributed by atoms with van der Waals surface area (Å²) in [5.41, 5.74) is 1.30. The molecule has 0 amide bonds. The molecule has 6 nitrogen and oxygen atoms in total. The van der Waals surface area contributed by atoms with Gasteiger partial charge in [-0.1, -0.05) is 30.3 Å². The molecule has 0 bridgehead atoms. The Bertz CT molecular complexity index is 898. The molecule has 1 aliphatic heterocycles. The van der Waals surface area contributed by atoms with E-state index in [9.17, 15) is 8.42 Å². The first kappa shape index (κ1) is 21.1. The van der Waals surface area contributed by atoms with E-state index in [-0.39, 0.29) is 4.90 Å². The molecule has 152 valence electrons. The van der Waals surface area contributed by atoms with Crippen molar-refractivity contribution in [2.45, 2.75) is 11.3 Å². The summed E-state index contributed by atoms with van der Waals surface area (Å²) in [6, 6.07) is 13.5. The van der Waals surface area contributed by atoms with Gasteiger partial charge in [0.05, 0.1) is 14.2 Å². The van der Waals surface area contributed by atoms with Crippen molar-refractivity contribution in [3.8, 4) is 11.5 Å². The molecule has 0 atom stereocenters. The number of hydrogen-bond donors (Lipinski definition) is 0. The molecule has 0 saturated carbocycles. The Balaban J connectivity index is 1.66. The lowest BCUT2D eigenvalue weighted by molar-refractivity contribution is 0.190. The standard InChI is InChI=1S/C20H25BrN2O4S/c1-26-18-14-17(21)20(15-19(18)27-2)28(24,25)23-12-10-22(11-13-23)9-8-16-6-4-3-5-7-16/h3-7,14-15H,8-13H2,1-2H3. The highest BCUT2D eigenvalue weighted by Gasteiger charge is 2.31. The van der Waals surface area contributed by atoms with E-state index in [0.29, 0.717) is 29.1 Å². The zero-order valence-electron chi connectivity index (χ0n) is 16.1. The quantitative estimate of drug-likeness (QED) is 0.624. The van der Waals surface area contributed by atoms with E-state index in [2.05, 4.69) is 33.0 Å². The van der Waals surface area contributed by atoms with Crippen molar-refractivity contribution in [1.82, 2.24) is 9.21 Å². The van der Waals surface area contributed by atoms with Gasteiger partial charge in [0, 0.05) is 43.3 Å². The van der Waals surface area contributed by atoms with Gasteiger partial charge in [0.15, 0.2) is 11.5 Å². The average molecular weight is 469 g/mol. The Morgan fingerprint density at radius 3 is 2.18 bits per heavy atom. The topological polar surface area (TPSA) is 59.1 Å². The Labute approximate surface area is 175 Å². The molecule has 0 unspecified atom stereocenters. The average Bonchev–Trinajstić information content (AvgIpc) is 2.72. The van der Waals surface area contributed by atoms with Crippen molar-refractivity contribution in [2.75, 3.05) is 46.9 Å². The number of halogens is 1. The summed E-state index contributed by atoms with van der Waals surface area (Å²) in [5, 5.41) is 0. The SMILES string of the molecule is COc1cc(Br)c(S(=O)(=O)N2CCN(CCc3ccccc3)CC2)cc1OC. The maximum absolute atomic E-state index is 13.1. The molecule has 1 heterocycles. The Kier molecular flexibility index (Phi) is 6.98. The molecular formula is C20H25BrN2O4S. The smallest absolute Gasteiger partial charge is 0.244 e. The van der Waals surface area contributed by atoms with Crippen LogP contribution in [0.4, 0.5) is 0 Å². The van der Waals surface area contributed by atoms with Gasteiger partial charge in [-0.15, -0.1) is 0 Å². The van der Waals surface area contributed by atoms with E-state index in [0.717, 1.165) is 26.1 Å². The van der Waals surface area contributed by atoms with Crippen LogP contribution in [-0.4, -0.2) is 64.6 Å². The van der Waals surface area contributed by atoms with E-state index in [1.165, 1.54) is 30.2 Å². The summed E-state index contributed by atoms with van der Waals surface area (Å²) in [4.78, 5) is 2.51. The molecule has 28 heavy (non-hydrogen) atoms. The summed E-state index contributed by atoms with van der Waals surface area (Å²) < 4.78 is 38.8. The van der Waals surface area contributed by atoms with Gasteiger partial charge in [-0.3, -0.25) is 0 Å². The van der Waals surface area contributed by atoms with E-state index in [1.807, 2.05) is 18.2 Å². The van der Waals surface area contributed by atoms with Crippen LogP contribution in [0.5, 0.6) is 11.5 Å². The van der Waals surface area contributed by atoms with Crippen molar-refractivity contribution in [1.29, 1.82) is 0 Å². The van der Waals surface area contributed by atoms with Gasteiger partial charge < -0.3 is 14.4 Å². The highest BCUT2D eigenvalue weighted by atomic mass is 79.9. The zero-order chi connectivity index (χ0) is 20.1. The van der Waals surface area contributed by atoms with Gasteiger partial charge in [-0.2, -0.15) is 4.31 Å². The summed E-state index contributed by atoms with van der Waals surface area (Å²) >= 11 is 3.36. The zero-order valence-corrected chi connectivity index (χ0v) is 18.5. The predicted molar refractivity (Wildman–Crippen MR) is 113 cm³/mol. The molecule has 1 fully saturated rings. The van der Waals surface area contributed by atoms with Gasteiger partial charge in [-0.05, 0) is 34.0 Å². The molecule has 1 saturated heterocycles. The van der Waals surface area contributed by atoms with Crippen molar-refractivity contribution in [3.05, 3.63) is 52.5 Å². The normalized spacial score (nSPS) is 16.1. The Morgan fingerprint density at radius 1 is 0.964 bits per heavy atom. The molecule has 0 N–H and O–H groups in total. The van der Waals surface area contributed by atoms with Crippen LogP contribution in [0, 0.1) is 0 Å². The van der Waals surface area contributed by atoms with Crippen LogP contribution in [0.1, 0.15) is 5.56 Å². The van der Waals surface area contributed by atoms with E-state index < -0.39 is 10.0 Å². The van der Waals surface area contributed by atoms with Crippen LogP contribution in [0.15, 0.2) is 51.8 Å². The highest BCUT2D eigenvalue weighted by molar-refractivity contribution is 9.10. The fourth-order valence-electron chi connectivity index (χ4n) is 3.30. The van der Waals surface area contributed by atoms with Crippen molar-refractivity contribution in [2.24, 2.45) is 0 Å². The maximum Gasteiger partial charge on any atom is 0.244 e. The summed E-state index contributed by atoms with van der Waals surface area (Å²) in [6.45, 7) is 3.31. The fraction of sp³-hybridized carbons (Fsp3) is 0.400. The van der Waals surface area contributed by atoms with Crippen LogP contribution < -0.4 is 9.47 Å². The summed E-state index contributed by atoms with van der Waals surface area (Å²) in [6.07, 6.45) is 0.967. The first-order valence-electron chi connectivity index (χ1n) is 9.13. The lowest BCUT2D eigenvalue weighted by Gasteiger charge is -2.34. The molecule has 0 radical (unpaired) electrons. The largest absolute Gasteiger partial charge is 0.493 e. The number of ether oxygens (including phenoxy) is 2. The van der Waals surface area contributed by atoms with Crippen molar-refractivity contribution in [3.63, 3.8) is 0 Å². The number of nitrogens with zero attached hydrogens (tertiary/aromatic N) is 2. The molecule has 3 rings (SSSR count). The second-order valence-electron chi connectivity index (χ2n) is 6.62. The molecule has 0 aliphatic carbocycles. The van der Waals surface area contributed by atoms with E-state index in [4.69, 9.17) is 9.47 Å². The number of hydrogen-bond acceptors (Lipinski definition) is 5. The van der Waals surface area contributed by atoms with E-state index >= 15 is 0 Å². The monoisotopic (exact) mass is 468 g/mol. The lowest BCUT2D eigenvalue weighted by Crippen LogP contribution is -2.49. The number of piperazine rings is 1. The number of sulfonamides is 1. The maximum atomic E-state index is 13.1. The van der Waals surface area contributed by atoms with Gasteiger partial charge in [0.25, 0.3) is 0 Å². The third-order valence-corrected chi connectivity index (χ3v) is 7.80. The second kappa shape index (κ2) is 9.26. The molecular weight excluding hydrogens is 444 g/mol. The van der Waals surface area contributed by atoms with Crippen molar-refractivity contribution >= 4 is 26.0 Å². The van der Waals surface area contributed by atoms with Crippen LogP contribution >= 0.6 is 15.9 Å². The van der Waals surface area contributed by atoms with Crippen LogP contribution in [0.25, 0.3) is 0 Å². The predicted octanol–water partition coefficient (Wildman–Crippen LogP) is 3.02. The molecule has 1 aliphatic rings. The summed E-state index contributed by atoms with van der Waals surface area (Å²) in [7, 11) is -0.602. The minimum atomic E-state index is -3.62. The lowest BCUT2D eigenvalue weighted by atomic mass is 10.1. The number of benzene rings is 2. The minimum absolute atomic E-state index is 0.197. The minimum Gasteiger partial charge on any atom is -0.493 e. The van der Waals surface area contributed by atoms with Gasteiger partial charge in [0.2, 0.25) is 10.0 Å². The summed E-state index contributed by atoms with van der Waals surface area (Å²) in [5.74, 6) is 0.879. The second-order valence-corrected chi connectivity index (χ2v) is 9.38. The van der Waals surface area contributed by atoms with Crippen LogP contribution in [0.2, 0.25) is 0 Å². The first-order valence-corrected chi connectivity index (χ1v) is 11.4. The van der Waals surface area contributed by atoms with Gasteiger partial charge >= 0.3 is 0 Å². The molecule has 0 aromatic heterocycles. The molecule has 2 aromatic carbocycles. The highest BCUT2D eigenvalue weighted by Crippen LogP contribution is 2.36. The molecule has 0 spiro atoms. The fourth-order valence-corrected chi connectivity index (χ4v) is 5.72. The number of methoxy groups -OCH3 is 2. The first-order chi connectivity index (χ1) is 13.5. The third kappa shape index (κ3) is 4.68. The van der Waals surface area contributed by atoms with E-state index in [1.54, 1.807) is 6.07 Å². The number of rotatable bonds is 7. The van der Waals surface area contributed by atoms with Crippen molar-refractivity contribution < 1.29 is 17.9 Å². The Hall–Kier alpha value is -1.61. The third-order valence-electron chi connectivity index (χ3n) is 4.95. The van der Waals surface area contributed by atoms with Crippen LogP contribution in [0.3, 0.4) is 0 Å². The van der Waals surface area contributed by atoms with Gasteiger partial charge in [-0.25, -0.2) is 8.42 Å².